The van der Waals surface area contributed by atoms with Crippen molar-refractivity contribution >= 4 is 23.4 Å². The minimum Gasteiger partial charge on any atom is -0.497 e. The molecule has 1 unspecified atom stereocenters. The first kappa shape index (κ1) is 16.8. The van der Waals surface area contributed by atoms with E-state index in [4.69, 9.17) is 26.8 Å². The number of benzene rings is 1. The van der Waals surface area contributed by atoms with E-state index in [2.05, 4.69) is 14.9 Å². The first-order valence-corrected chi connectivity index (χ1v) is 8.25. The Morgan fingerprint density at radius 1 is 1.33 bits per heavy atom. The molecule has 24 heavy (non-hydrogen) atoms. The molecule has 1 aromatic carbocycles. The van der Waals surface area contributed by atoms with E-state index >= 15 is 0 Å². The number of nitrogen functional groups attached to an aromatic ring is 1. The second-order valence-electron chi connectivity index (χ2n) is 5.75. The van der Waals surface area contributed by atoms with Gasteiger partial charge in [0.15, 0.2) is 0 Å². The van der Waals surface area contributed by atoms with Crippen LogP contribution in [0.3, 0.4) is 0 Å². The quantitative estimate of drug-likeness (QED) is 0.919. The van der Waals surface area contributed by atoms with Gasteiger partial charge < -0.3 is 20.1 Å². The number of hydrogen-bond acceptors (Lipinski definition) is 6. The van der Waals surface area contributed by atoms with E-state index in [-0.39, 0.29) is 12.0 Å². The fourth-order valence-electron chi connectivity index (χ4n) is 2.94. The van der Waals surface area contributed by atoms with E-state index in [1.807, 2.05) is 31.2 Å². The van der Waals surface area contributed by atoms with Crippen LogP contribution in [0.15, 0.2) is 24.3 Å². The van der Waals surface area contributed by atoms with E-state index in [1.165, 1.54) is 0 Å². The van der Waals surface area contributed by atoms with Gasteiger partial charge in [0.2, 0.25) is 5.95 Å². The predicted octanol–water partition coefficient (Wildman–Crippen LogP) is 3.00. The smallest absolute Gasteiger partial charge is 0.222 e. The van der Waals surface area contributed by atoms with E-state index in [9.17, 15) is 0 Å². The van der Waals surface area contributed by atoms with Gasteiger partial charge in [-0.3, -0.25) is 0 Å². The van der Waals surface area contributed by atoms with Crippen LogP contribution in [0.1, 0.15) is 23.7 Å². The number of aromatic nitrogens is 2. The van der Waals surface area contributed by atoms with Gasteiger partial charge in [-0.05, 0) is 31.0 Å². The molecule has 2 heterocycles. The summed E-state index contributed by atoms with van der Waals surface area (Å²) in [5.74, 6) is 1.80. The molecule has 1 fully saturated rings. The fraction of sp³-hybridized carbons (Fsp3) is 0.412. The molecular weight excluding hydrogens is 328 g/mol. The van der Waals surface area contributed by atoms with Gasteiger partial charge in [-0.25, -0.2) is 4.98 Å². The van der Waals surface area contributed by atoms with Crippen LogP contribution >= 0.6 is 11.6 Å². The number of halogens is 1. The Bertz CT molecular complexity index is 705. The summed E-state index contributed by atoms with van der Waals surface area (Å²) in [5, 5.41) is 0.647. The van der Waals surface area contributed by atoms with Gasteiger partial charge in [-0.1, -0.05) is 17.7 Å². The summed E-state index contributed by atoms with van der Waals surface area (Å²) < 4.78 is 11.0. The highest BCUT2D eigenvalue weighted by atomic mass is 35.5. The largest absolute Gasteiger partial charge is 0.497 e. The van der Waals surface area contributed by atoms with E-state index < -0.39 is 0 Å². The van der Waals surface area contributed by atoms with Crippen LogP contribution in [0.2, 0.25) is 5.02 Å². The number of hydrogen-bond donors (Lipinski definition) is 1. The van der Waals surface area contributed by atoms with Crippen molar-refractivity contribution in [3.63, 3.8) is 0 Å². The number of rotatable bonds is 3. The zero-order chi connectivity index (χ0) is 17.1. The molecule has 0 radical (unpaired) electrons. The van der Waals surface area contributed by atoms with Gasteiger partial charge in [0.05, 0.1) is 19.8 Å². The maximum atomic E-state index is 6.49. The topological polar surface area (TPSA) is 73.5 Å². The zero-order valence-electron chi connectivity index (χ0n) is 13.8. The summed E-state index contributed by atoms with van der Waals surface area (Å²) >= 11 is 6.49. The molecule has 1 aromatic heterocycles. The Morgan fingerprint density at radius 3 is 2.88 bits per heavy atom. The van der Waals surface area contributed by atoms with Crippen LogP contribution in [0.5, 0.6) is 5.75 Å². The Morgan fingerprint density at radius 2 is 2.17 bits per heavy atom. The molecule has 128 valence electrons. The summed E-state index contributed by atoms with van der Waals surface area (Å²) in [4.78, 5) is 10.8. The number of ether oxygens (including phenoxy) is 2. The molecule has 2 N–H and O–H groups in total. The van der Waals surface area contributed by atoms with Gasteiger partial charge in [0, 0.05) is 29.9 Å². The second kappa shape index (κ2) is 7.23. The first-order valence-electron chi connectivity index (χ1n) is 7.87. The molecule has 7 heteroatoms. The van der Waals surface area contributed by atoms with Crippen LogP contribution < -0.4 is 15.4 Å². The lowest BCUT2D eigenvalue weighted by Crippen LogP contribution is -2.32. The van der Waals surface area contributed by atoms with Crippen LogP contribution in [-0.2, 0) is 4.74 Å². The SMILES string of the molecule is COc1ccc(C2COCCCN2c2cc(C)nc(N)n2)c(Cl)c1. The number of methoxy groups -OCH3 is 1. The minimum atomic E-state index is -0.0420. The van der Waals surface area contributed by atoms with Gasteiger partial charge in [-0.2, -0.15) is 4.98 Å². The van der Waals surface area contributed by atoms with Crippen molar-refractivity contribution in [3.05, 3.63) is 40.5 Å². The summed E-state index contributed by atoms with van der Waals surface area (Å²) in [6, 6.07) is 7.60. The maximum Gasteiger partial charge on any atom is 0.222 e. The average molecular weight is 349 g/mol. The lowest BCUT2D eigenvalue weighted by Gasteiger charge is -2.31. The highest BCUT2D eigenvalue weighted by Crippen LogP contribution is 2.34. The molecule has 3 rings (SSSR count). The van der Waals surface area contributed by atoms with Gasteiger partial charge in [-0.15, -0.1) is 0 Å². The van der Waals surface area contributed by atoms with Crippen molar-refractivity contribution in [3.8, 4) is 5.75 Å². The molecule has 2 aromatic rings. The Balaban J connectivity index is 2.01. The third-order valence-electron chi connectivity index (χ3n) is 4.06. The molecule has 0 aliphatic carbocycles. The molecule has 1 saturated heterocycles. The number of nitrogens with zero attached hydrogens (tertiary/aromatic N) is 3. The van der Waals surface area contributed by atoms with Crippen molar-refractivity contribution < 1.29 is 9.47 Å². The van der Waals surface area contributed by atoms with Crippen LogP contribution in [-0.4, -0.2) is 36.8 Å². The predicted molar refractivity (Wildman–Crippen MR) is 94.7 cm³/mol. The average Bonchev–Trinajstić information content (AvgIpc) is 2.79. The second-order valence-corrected chi connectivity index (χ2v) is 6.16. The number of nitrogens with two attached hydrogens (primary N) is 1. The number of aryl methyl sites for hydroxylation is 1. The van der Waals surface area contributed by atoms with E-state index in [1.54, 1.807) is 7.11 Å². The summed E-state index contributed by atoms with van der Waals surface area (Å²) in [6.07, 6.45) is 0.910. The molecule has 0 amide bonds. The van der Waals surface area contributed by atoms with Crippen molar-refractivity contribution in [2.24, 2.45) is 0 Å². The summed E-state index contributed by atoms with van der Waals surface area (Å²) in [6.45, 7) is 3.96. The molecular formula is C17H21ClN4O2. The highest BCUT2D eigenvalue weighted by molar-refractivity contribution is 6.31. The molecule has 1 atom stereocenters. The Kier molecular flexibility index (Phi) is 5.06. The van der Waals surface area contributed by atoms with Crippen LogP contribution in [0, 0.1) is 6.92 Å². The summed E-state index contributed by atoms with van der Waals surface area (Å²) in [7, 11) is 1.62. The third kappa shape index (κ3) is 3.55. The van der Waals surface area contributed by atoms with E-state index in [0.717, 1.165) is 35.8 Å². The van der Waals surface area contributed by atoms with Gasteiger partial charge in [0.1, 0.15) is 11.6 Å². The van der Waals surface area contributed by atoms with Gasteiger partial charge in [0.25, 0.3) is 0 Å². The normalized spacial score (nSPS) is 18.3. The van der Waals surface area contributed by atoms with Gasteiger partial charge >= 0.3 is 0 Å². The standard InChI is InChI=1S/C17H21ClN4O2/c1-11-8-16(21-17(19)20-11)22-6-3-7-24-10-15(22)13-5-4-12(23-2)9-14(13)18/h4-5,8-9,15H,3,6-7,10H2,1-2H3,(H2,19,20,21). The van der Waals surface area contributed by atoms with Crippen molar-refractivity contribution in [2.75, 3.05) is 37.5 Å². The Hall–Kier alpha value is -2.05. The molecule has 0 bridgehead atoms. The lowest BCUT2D eigenvalue weighted by molar-refractivity contribution is 0.134. The van der Waals surface area contributed by atoms with Crippen LogP contribution in [0.25, 0.3) is 0 Å². The molecule has 0 saturated carbocycles. The zero-order valence-corrected chi connectivity index (χ0v) is 14.6. The minimum absolute atomic E-state index is 0.0420. The van der Waals surface area contributed by atoms with Crippen molar-refractivity contribution in [2.45, 2.75) is 19.4 Å². The maximum absolute atomic E-state index is 6.49. The van der Waals surface area contributed by atoms with E-state index in [0.29, 0.717) is 18.2 Å². The van der Waals surface area contributed by atoms with Crippen molar-refractivity contribution in [1.29, 1.82) is 0 Å². The Labute approximate surface area is 146 Å². The molecule has 6 nitrogen and oxygen atoms in total. The number of anilines is 2. The monoisotopic (exact) mass is 348 g/mol. The summed E-state index contributed by atoms with van der Waals surface area (Å²) in [5.41, 5.74) is 7.65. The third-order valence-corrected chi connectivity index (χ3v) is 4.39. The van der Waals surface area contributed by atoms with Crippen LogP contribution in [0.4, 0.5) is 11.8 Å². The molecule has 1 aliphatic rings. The first-order chi connectivity index (χ1) is 11.6. The van der Waals surface area contributed by atoms with Crippen molar-refractivity contribution in [1.82, 2.24) is 9.97 Å². The highest BCUT2D eigenvalue weighted by Gasteiger charge is 2.27. The fourth-order valence-corrected chi connectivity index (χ4v) is 3.23. The lowest BCUT2D eigenvalue weighted by atomic mass is 10.1. The molecule has 0 spiro atoms. The molecule has 1 aliphatic heterocycles.